The molecule has 7 heteroatoms. The molecule has 0 saturated heterocycles. The van der Waals surface area contributed by atoms with E-state index in [1.54, 1.807) is 0 Å². The molecule has 1 N–H and O–H groups in total. The predicted octanol–water partition coefficient (Wildman–Crippen LogP) is 1.79. The molecule has 0 aromatic heterocycles. The highest BCUT2D eigenvalue weighted by Crippen LogP contribution is 2.24. The summed E-state index contributed by atoms with van der Waals surface area (Å²) in [6.07, 6.45) is 2.31. The van der Waals surface area contributed by atoms with Crippen LogP contribution in [0.15, 0.2) is 18.2 Å². The highest BCUT2D eigenvalue weighted by molar-refractivity contribution is 5.92. The zero-order valence-corrected chi connectivity index (χ0v) is 10.2. The topological polar surface area (TPSA) is 107 Å². The molecular weight excluding hydrogens is 254 g/mol. The molecule has 19 heavy (non-hydrogen) atoms. The van der Waals surface area contributed by atoms with Gasteiger partial charge in [-0.2, -0.15) is 0 Å². The lowest BCUT2D eigenvalue weighted by molar-refractivity contribution is -0.385. The Balaban J connectivity index is 3.35. The van der Waals surface area contributed by atoms with Crippen LogP contribution in [0.3, 0.4) is 0 Å². The van der Waals surface area contributed by atoms with Gasteiger partial charge in [0, 0.05) is 17.7 Å². The predicted molar refractivity (Wildman–Crippen MR) is 65.8 cm³/mol. The fraction of sp³-hybridized carbons (Fsp3) is 0.167. The summed E-state index contributed by atoms with van der Waals surface area (Å²) in [4.78, 5) is 32.1. The van der Waals surface area contributed by atoms with Crippen molar-refractivity contribution in [3.63, 3.8) is 0 Å². The molecule has 100 valence electrons. The number of hydrogen-bond donors (Lipinski definition) is 1. The number of rotatable bonds is 4. The Morgan fingerprint density at radius 1 is 1.42 bits per heavy atom. The van der Waals surface area contributed by atoms with Crippen LogP contribution in [0.4, 0.5) is 5.69 Å². The molecule has 0 radical (unpaired) electrons. The van der Waals surface area contributed by atoms with Gasteiger partial charge in [0.15, 0.2) is 0 Å². The van der Waals surface area contributed by atoms with Crippen LogP contribution in [0.1, 0.15) is 21.5 Å². The maximum Gasteiger partial charge on any atom is 0.336 e. The lowest BCUT2D eigenvalue weighted by atomic mass is 10.0. The summed E-state index contributed by atoms with van der Waals surface area (Å²) < 4.78 is 4.38. The molecule has 0 aliphatic heterocycles. The maximum absolute atomic E-state index is 11.0. The van der Waals surface area contributed by atoms with Crippen molar-refractivity contribution in [2.75, 3.05) is 7.11 Å². The molecule has 1 aromatic rings. The van der Waals surface area contributed by atoms with Crippen LogP contribution in [0.25, 0.3) is 6.08 Å². The Labute approximate surface area is 108 Å². The molecule has 0 spiro atoms. The van der Waals surface area contributed by atoms with E-state index in [1.165, 1.54) is 32.2 Å². The molecule has 0 atom stereocenters. The number of carbonyl (C=O) groups excluding carboxylic acids is 1. The van der Waals surface area contributed by atoms with Crippen molar-refractivity contribution in [3.05, 3.63) is 45.0 Å². The van der Waals surface area contributed by atoms with Crippen molar-refractivity contribution >= 4 is 23.7 Å². The van der Waals surface area contributed by atoms with Crippen LogP contribution in [0.5, 0.6) is 0 Å². The minimum atomic E-state index is -1.27. The summed E-state index contributed by atoms with van der Waals surface area (Å²) in [5.74, 6) is -1.91. The number of hydrogen-bond acceptors (Lipinski definition) is 5. The SMILES string of the molecule is COC(=O)C=Cc1cc(C(=O)O)c(C)c([N+](=O)[O-])c1. The third kappa shape index (κ3) is 3.38. The smallest absolute Gasteiger partial charge is 0.336 e. The highest BCUT2D eigenvalue weighted by atomic mass is 16.6. The van der Waals surface area contributed by atoms with Crippen molar-refractivity contribution in [2.24, 2.45) is 0 Å². The lowest BCUT2D eigenvalue weighted by Crippen LogP contribution is -2.04. The Kier molecular flexibility index (Phi) is 4.36. The number of benzene rings is 1. The van der Waals surface area contributed by atoms with Gasteiger partial charge in [-0.1, -0.05) is 0 Å². The number of carboxylic acids is 1. The fourth-order valence-electron chi connectivity index (χ4n) is 1.46. The molecule has 1 aromatic carbocycles. The molecular formula is C12H11NO6. The standard InChI is InChI=1S/C12H11NO6/c1-7-9(12(15)16)5-8(3-4-11(14)19-2)6-10(7)13(17)18/h3-6H,1-2H3,(H,15,16). The highest BCUT2D eigenvalue weighted by Gasteiger charge is 2.19. The normalized spacial score (nSPS) is 10.4. The Morgan fingerprint density at radius 3 is 2.53 bits per heavy atom. The van der Waals surface area contributed by atoms with E-state index in [1.807, 2.05) is 0 Å². The minimum absolute atomic E-state index is 0.0627. The molecule has 0 bridgehead atoms. The summed E-state index contributed by atoms with van der Waals surface area (Å²) in [6, 6.07) is 2.45. The van der Waals surface area contributed by atoms with Gasteiger partial charge in [0.2, 0.25) is 0 Å². The third-order valence-electron chi connectivity index (χ3n) is 2.44. The van der Waals surface area contributed by atoms with Gasteiger partial charge in [-0.15, -0.1) is 0 Å². The van der Waals surface area contributed by atoms with E-state index >= 15 is 0 Å². The summed E-state index contributed by atoms with van der Waals surface area (Å²) >= 11 is 0. The van der Waals surface area contributed by atoms with E-state index in [9.17, 15) is 19.7 Å². The van der Waals surface area contributed by atoms with E-state index in [4.69, 9.17) is 5.11 Å². The fourth-order valence-corrected chi connectivity index (χ4v) is 1.46. The third-order valence-corrected chi connectivity index (χ3v) is 2.44. The molecule has 0 saturated carbocycles. The number of ether oxygens (including phenoxy) is 1. The number of methoxy groups -OCH3 is 1. The maximum atomic E-state index is 11.0. The van der Waals surface area contributed by atoms with Crippen molar-refractivity contribution in [1.29, 1.82) is 0 Å². The molecule has 0 aliphatic carbocycles. The number of carbonyl (C=O) groups is 2. The second-order valence-electron chi connectivity index (χ2n) is 3.63. The lowest BCUT2D eigenvalue weighted by Gasteiger charge is -2.04. The largest absolute Gasteiger partial charge is 0.478 e. The molecule has 0 unspecified atom stereocenters. The summed E-state index contributed by atoms with van der Waals surface area (Å²) in [5.41, 5.74) is -0.198. The first kappa shape index (κ1) is 14.4. The van der Waals surface area contributed by atoms with Crippen LogP contribution in [0.2, 0.25) is 0 Å². The number of nitrogens with zero attached hydrogens (tertiary/aromatic N) is 1. The molecule has 0 aliphatic rings. The average Bonchev–Trinajstić information content (AvgIpc) is 2.36. The van der Waals surface area contributed by atoms with Crippen molar-refractivity contribution in [3.8, 4) is 0 Å². The zero-order valence-electron chi connectivity index (χ0n) is 10.2. The number of esters is 1. The number of aromatic carboxylic acids is 1. The molecule has 7 nitrogen and oxygen atoms in total. The van der Waals surface area contributed by atoms with Gasteiger partial charge in [-0.25, -0.2) is 9.59 Å². The minimum Gasteiger partial charge on any atom is -0.478 e. The van der Waals surface area contributed by atoms with Crippen LogP contribution >= 0.6 is 0 Å². The van der Waals surface area contributed by atoms with Gasteiger partial charge in [0.25, 0.3) is 5.69 Å². The second-order valence-corrected chi connectivity index (χ2v) is 3.63. The number of nitro groups is 1. The Bertz CT molecular complexity index is 541. The zero-order chi connectivity index (χ0) is 14.6. The van der Waals surface area contributed by atoms with Gasteiger partial charge in [-0.3, -0.25) is 10.1 Å². The molecule has 1 rings (SSSR count). The summed E-state index contributed by atoms with van der Waals surface area (Å²) in [6.45, 7) is 1.36. The van der Waals surface area contributed by atoms with Gasteiger partial charge in [-0.05, 0) is 24.6 Å². The molecule has 0 amide bonds. The summed E-state index contributed by atoms with van der Waals surface area (Å²) in [5, 5.41) is 19.8. The average molecular weight is 265 g/mol. The van der Waals surface area contributed by atoms with Crippen molar-refractivity contribution in [1.82, 2.24) is 0 Å². The van der Waals surface area contributed by atoms with Crippen LogP contribution in [0, 0.1) is 17.0 Å². The first-order chi connectivity index (χ1) is 8.86. The van der Waals surface area contributed by atoms with E-state index in [-0.39, 0.29) is 22.4 Å². The van der Waals surface area contributed by atoms with E-state index in [0.29, 0.717) is 0 Å². The second kappa shape index (κ2) is 5.76. The molecule has 0 heterocycles. The quantitative estimate of drug-likeness (QED) is 0.385. The number of carboxylic acid groups (broad SMARTS) is 1. The number of nitro benzene ring substituents is 1. The van der Waals surface area contributed by atoms with E-state index < -0.39 is 16.9 Å². The van der Waals surface area contributed by atoms with E-state index in [0.717, 1.165) is 6.08 Å². The Hall–Kier alpha value is -2.70. The van der Waals surface area contributed by atoms with Crippen molar-refractivity contribution in [2.45, 2.75) is 6.92 Å². The van der Waals surface area contributed by atoms with E-state index in [2.05, 4.69) is 4.74 Å². The van der Waals surface area contributed by atoms with Crippen LogP contribution < -0.4 is 0 Å². The first-order valence-corrected chi connectivity index (χ1v) is 5.15. The Morgan fingerprint density at radius 2 is 2.05 bits per heavy atom. The first-order valence-electron chi connectivity index (χ1n) is 5.15. The van der Waals surface area contributed by atoms with Gasteiger partial charge < -0.3 is 9.84 Å². The van der Waals surface area contributed by atoms with Crippen LogP contribution in [-0.4, -0.2) is 29.1 Å². The molecule has 0 fully saturated rings. The van der Waals surface area contributed by atoms with Gasteiger partial charge in [0.1, 0.15) is 0 Å². The van der Waals surface area contributed by atoms with Gasteiger partial charge >= 0.3 is 11.9 Å². The monoisotopic (exact) mass is 265 g/mol. The van der Waals surface area contributed by atoms with Crippen LogP contribution in [-0.2, 0) is 9.53 Å². The van der Waals surface area contributed by atoms with Crippen molar-refractivity contribution < 1.29 is 24.4 Å². The summed E-state index contributed by atoms with van der Waals surface area (Å²) in [7, 11) is 1.19. The van der Waals surface area contributed by atoms with Gasteiger partial charge in [0.05, 0.1) is 17.6 Å².